The molecule has 0 unspecified atom stereocenters. The van der Waals surface area contributed by atoms with Gasteiger partial charge in [-0.15, -0.1) is 0 Å². The van der Waals surface area contributed by atoms with Gasteiger partial charge in [0.2, 0.25) is 5.91 Å². The first-order valence-electron chi connectivity index (χ1n) is 8.94. The van der Waals surface area contributed by atoms with Crippen LogP contribution in [0.3, 0.4) is 0 Å². The van der Waals surface area contributed by atoms with Gasteiger partial charge in [-0.3, -0.25) is 4.79 Å². The van der Waals surface area contributed by atoms with Gasteiger partial charge in [0.1, 0.15) is 0 Å². The van der Waals surface area contributed by atoms with E-state index in [9.17, 15) is 4.79 Å². The van der Waals surface area contributed by atoms with Crippen LogP contribution >= 0.6 is 23.2 Å². The normalized spacial score (nSPS) is 10.8. The lowest BCUT2D eigenvalue weighted by atomic mass is 9.88. The van der Waals surface area contributed by atoms with Crippen LogP contribution in [0.5, 0.6) is 0 Å². The van der Waals surface area contributed by atoms with E-state index in [-0.39, 0.29) is 18.2 Å². The van der Waals surface area contributed by atoms with Crippen molar-refractivity contribution >= 4 is 29.1 Å². The Hall–Kier alpha value is -2.29. The predicted molar refractivity (Wildman–Crippen MR) is 113 cm³/mol. The highest BCUT2D eigenvalue weighted by Gasteiger charge is 2.14. The smallest absolute Gasteiger partial charge is 0.224 e. The molecule has 138 valence electrons. The van der Waals surface area contributed by atoms with Crippen molar-refractivity contribution in [1.82, 2.24) is 5.32 Å². The molecular formula is C23H21Cl2NO. The summed E-state index contributed by atoms with van der Waals surface area (Å²) in [6, 6.07) is 26.0. The summed E-state index contributed by atoms with van der Waals surface area (Å²) in [5.74, 6) is 0.228. The summed E-state index contributed by atoms with van der Waals surface area (Å²) in [6.45, 7) is 0.606. The van der Waals surface area contributed by atoms with Gasteiger partial charge in [0.05, 0.1) is 16.5 Å². The zero-order valence-corrected chi connectivity index (χ0v) is 16.4. The van der Waals surface area contributed by atoms with Crippen LogP contribution in [0.2, 0.25) is 10.0 Å². The number of amides is 1. The standard InChI is InChI=1S/C23H21Cl2NO/c24-21-12-11-17(15-22(21)25)16-23(27)26-14-13-20(18-7-3-1-4-8-18)19-9-5-2-6-10-19/h1-12,15,20H,13-14,16H2,(H,26,27). The van der Waals surface area contributed by atoms with Crippen LogP contribution < -0.4 is 5.32 Å². The average molecular weight is 398 g/mol. The molecule has 3 aromatic rings. The van der Waals surface area contributed by atoms with E-state index in [0.29, 0.717) is 16.6 Å². The topological polar surface area (TPSA) is 29.1 Å². The fraction of sp³-hybridized carbons (Fsp3) is 0.174. The van der Waals surface area contributed by atoms with Crippen molar-refractivity contribution in [3.05, 3.63) is 106 Å². The highest BCUT2D eigenvalue weighted by atomic mass is 35.5. The summed E-state index contributed by atoms with van der Waals surface area (Å²) < 4.78 is 0. The van der Waals surface area contributed by atoms with E-state index in [4.69, 9.17) is 23.2 Å². The molecule has 0 radical (unpaired) electrons. The molecule has 0 fully saturated rings. The highest BCUT2D eigenvalue weighted by Crippen LogP contribution is 2.27. The van der Waals surface area contributed by atoms with Crippen molar-refractivity contribution in [3.8, 4) is 0 Å². The van der Waals surface area contributed by atoms with Crippen LogP contribution in [0, 0.1) is 0 Å². The molecule has 0 aliphatic heterocycles. The lowest BCUT2D eigenvalue weighted by molar-refractivity contribution is -0.120. The van der Waals surface area contributed by atoms with Crippen molar-refractivity contribution in [2.24, 2.45) is 0 Å². The Bertz CT molecular complexity index is 842. The Labute approximate surface area is 170 Å². The lowest BCUT2D eigenvalue weighted by Gasteiger charge is -2.18. The molecule has 1 amide bonds. The summed E-state index contributed by atoms with van der Waals surface area (Å²) in [5, 5.41) is 3.98. The third-order valence-corrected chi connectivity index (χ3v) is 5.25. The molecular weight excluding hydrogens is 377 g/mol. The second-order valence-corrected chi connectivity index (χ2v) is 7.25. The molecule has 0 atom stereocenters. The number of carbonyl (C=O) groups excluding carboxylic acids is 1. The number of rotatable bonds is 7. The molecule has 0 spiro atoms. The van der Waals surface area contributed by atoms with E-state index in [1.165, 1.54) is 11.1 Å². The monoisotopic (exact) mass is 397 g/mol. The molecule has 1 N–H and O–H groups in total. The molecule has 27 heavy (non-hydrogen) atoms. The second-order valence-electron chi connectivity index (χ2n) is 6.44. The van der Waals surface area contributed by atoms with Gasteiger partial charge in [0, 0.05) is 12.5 Å². The van der Waals surface area contributed by atoms with E-state index in [1.54, 1.807) is 12.1 Å². The number of nitrogens with one attached hydrogen (secondary N) is 1. The summed E-state index contributed by atoms with van der Waals surface area (Å²) >= 11 is 11.9. The number of carbonyl (C=O) groups is 1. The Kier molecular flexibility index (Phi) is 6.92. The number of hydrogen-bond donors (Lipinski definition) is 1. The largest absolute Gasteiger partial charge is 0.356 e. The quantitative estimate of drug-likeness (QED) is 0.530. The summed E-state index contributed by atoms with van der Waals surface area (Å²) in [4.78, 5) is 12.3. The van der Waals surface area contributed by atoms with Gasteiger partial charge in [-0.2, -0.15) is 0 Å². The maximum Gasteiger partial charge on any atom is 0.224 e. The van der Waals surface area contributed by atoms with Crippen molar-refractivity contribution < 1.29 is 4.79 Å². The SMILES string of the molecule is O=C(Cc1ccc(Cl)c(Cl)c1)NCCC(c1ccccc1)c1ccccc1. The van der Waals surface area contributed by atoms with E-state index >= 15 is 0 Å². The Balaban J connectivity index is 1.60. The minimum Gasteiger partial charge on any atom is -0.356 e. The molecule has 0 saturated carbocycles. The van der Waals surface area contributed by atoms with E-state index in [2.05, 4.69) is 29.6 Å². The van der Waals surface area contributed by atoms with E-state index in [0.717, 1.165) is 12.0 Å². The Morgan fingerprint density at radius 3 is 1.96 bits per heavy atom. The molecule has 0 saturated heterocycles. The molecule has 2 nitrogen and oxygen atoms in total. The van der Waals surface area contributed by atoms with Crippen LogP contribution in [0.1, 0.15) is 29.0 Å². The Morgan fingerprint density at radius 2 is 1.41 bits per heavy atom. The van der Waals surface area contributed by atoms with Gasteiger partial charge in [-0.1, -0.05) is 89.9 Å². The first-order chi connectivity index (χ1) is 13.1. The summed E-state index contributed by atoms with van der Waals surface area (Å²) in [7, 11) is 0. The molecule has 3 aromatic carbocycles. The van der Waals surface area contributed by atoms with Crippen molar-refractivity contribution in [1.29, 1.82) is 0 Å². The van der Waals surface area contributed by atoms with Gasteiger partial charge >= 0.3 is 0 Å². The van der Waals surface area contributed by atoms with Gasteiger partial charge in [-0.25, -0.2) is 0 Å². The minimum absolute atomic E-state index is 0.0201. The lowest BCUT2D eigenvalue weighted by Crippen LogP contribution is -2.27. The maximum absolute atomic E-state index is 12.3. The molecule has 0 bridgehead atoms. The molecule has 3 rings (SSSR count). The van der Waals surface area contributed by atoms with E-state index in [1.807, 2.05) is 42.5 Å². The van der Waals surface area contributed by atoms with Crippen molar-refractivity contribution in [2.75, 3.05) is 6.54 Å². The van der Waals surface area contributed by atoms with Crippen LogP contribution in [-0.4, -0.2) is 12.5 Å². The first-order valence-corrected chi connectivity index (χ1v) is 9.69. The van der Waals surface area contributed by atoms with Crippen LogP contribution in [0.25, 0.3) is 0 Å². The summed E-state index contributed by atoms with van der Waals surface area (Å²) in [6.07, 6.45) is 1.12. The summed E-state index contributed by atoms with van der Waals surface area (Å²) in [5.41, 5.74) is 3.36. The van der Waals surface area contributed by atoms with Crippen LogP contribution in [0.4, 0.5) is 0 Å². The van der Waals surface area contributed by atoms with Crippen molar-refractivity contribution in [2.45, 2.75) is 18.8 Å². The highest BCUT2D eigenvalue weighted by molar-refractivity contribution is 6.42. The van der Waals surface area contributed by atoms with Crippen molar-refractivity contribution in [3.63, 3.8) is 0 Å². The van der Waals surface area contributed by atoms with Gasteiger partial charge < -0.3 is 5.32 Å². The Morgan fingerprint density at radius 1 is 0.815 bits per heavy atom. The average Bonchev–Trinajstić information content (AvgIpc) is 2.69. The third kappa shape index (κ3) is 5.59. The van der Waals surface area contributed by atoms with Gasteiger partial charge in [0.25, 0.3) is 0 Å². The molecule has 0 aromatic heterocycles. The number of hydrogen-bond acceptors (Lipinski definition) is 1. The van der Waals surface area contributed by atoms with Gasteiger partial charge in [-0.05, 0) is 35.2 Å². The van der Waals surface area contributed by atoms with Crippen LogP contribution in [-0.2, 0) is 11.2 Å². The third-order valence-electron chi connectivity index (χ3n) is 4.51. The molecule has 0 aliphatic rings. The minimum atomic E-state index is -0.0201. The first kappa shape index (κ1) is 19.5. The number of benzene rings is 3. The number of halogens is 2. The van der Waals surface area contributed by atoms with E-state index < -0.39 is 0 Å². The zero-order chi connectivity index (χ0) is 19.1. The molecule has 4 heteroatoms. The second kappa shape index (κ2) is 9.59. The fourth-order valence-corrected chi connectivity index (χ4v) is 3.47. The maximum atomic E-state index is 12.3. The fourth-order valence-electron chi connectivity index (χ4n) is 3.15. The zero-order valence-electron chi connectivity index (χ0n) is 14.9. The molecule has 0 aliphatic carbocycles. The predicted octanol–water partition coefficient (Wildman–Crippen LogP) is 5.87. The van der Waals surface area contributed by atoms with Gasteiger partial charge in [0.15, 0.2) is 0 Å². The molecule has 0 heterocycles. The van der Waals surface area contributed by atoms with Crippen LogP contribution in [0.15, 0.2) is 78.9 Å².